The van der Waals surface area contributed by atoms with Gasteiger partial charge in [0.1, 0.15) is 10.6 Å². The third kappa shape index (κ3) is 8.31. The van der Waals surface area contributed by atoms with Gasteiger partial charge in [0.25, 0.3) is 0 Å². The van der Waals surface area contributed by atoms with Crippen molar-refractivity contribution in [3.63, 3.8) is 0 Å². The quantitative estimate of drug-likeness (QED) is 0.145. The second kappa shape index (κ2) is 14.8. The highest BCUT2D eigenvalue weighted by atomic mass is 32.2. The predicted molar refractivity (Wildman–Crippen MR) is 161 cm³/mol. The molecule has 2 aromatic carbocycles. The van der Waals surface area contributed by atoms with Crippen LogP contribution in [0.4, 0.5) is 5.69 Å². The molecule has 4 rings (SSSR count). The highest BCUT2D eigenvalue weighted by molar-refractivity contribution is 7.93. The zero-order valence-electron chi connectivity index (χ0n) is 23.9. The predicted octanol–water partition coefficient (Wildman–Crippen LogP) is 6.51. The van der Waals surface area contributed by atoms with Crippen LogP contribution in [0, 0.1) is 0 Å². The molecule has 1 aromatic heterocycles. The minimum atomic E-state index is -3.44. The van der Waals surface area contributed by atoms with E-state index in [-0.39, 0.29) is 30.5 Å². The van der Waals surface area contributed by atoms with E-state index in [9.17, 15) is 13.2 Å². The molecular formula is C31H39NO7S2. The number of ether oxygens (including phenoxy) is 4. The molecule has 1 fully saturated rings. The number of sulfonamides is 1. The summed E-state index contributed by atoms with van der Waals surface area (Å²) < 4.78 is 49.8. The van der Waals surface area contributed by atoms with Crippen molar-refractivity contribution < 1.29 is 32.2 Å². The Morgan fingerprint density at radius 1 is 1.00 bits per heavy atom. The average Bonchev–Trinajstić information content (AvgIpc) is 3.58. The normalized spacial score (nSPS) is 17.0. The third-order valence-electron chi connectivity index (χ3n) is 7.14. The van der Waals surface area contributed by atoms with Crippen molar-refractivity contribution in [2.24, 2.45) is 0 Å². The molecule has 8 nitrogen and oxygen atoms in total. The summed E-state index contributed by atoms with van der Waals surface area (Å²) in [5.41, 5.74) is 2.73. The first kappa shape index (κ1) is 31.0. The number of hydrogen-bond donors (Lipinski definition) is 0. The second-order valence-electron chi connectivity index (χ2n) is 10.1. The summed E-state index contributed by atoms with van der Waals surface area (Å²) in [6.07, 6.45) is 4.60. The minimum absolute atomic E-state index is 0.0822. The van der Waals surface area contributed by atoms with Gasteiger partial charge in [-0.15, -0.1) is 11.3 Å². The summed E-state index contributed by atoms with van der Waals surface area (Å²) in [4.78, 5) is 13.1. The molecule has 0 spiro atoms. The van der Waals surface area contributed by atoms with Crippen LogP contribution in [0.25, 0.3) is 0 Å². The van der Waals surface area contributed by atoms with Crippen molar-refractivity contribution in [3.8, 4) is 5.75 Å². The molecule has 0 bridgehead atoms. The number of benzene rings is 2. The maximum absolute atomic E-state index is 13.0. The molecule has 2 unspecified atom stereocenters. The van der Waals surface area contributed by atoms with Crippen LogP contribution in [0.3, 0.4) is 0 Å². The topological polar surface area (TPSA) is 91.4 Å². The first-order valence-electron chi connectivity index (χ1n) is 14.0. The van der Waals surface area contributed by atoms with Crippen LogP contribution in [-0.2, 0) is 37.4 Å². The highest BCUT2D eigenvalue weighted by Gasteiger charge is 2.37. The number of carbonyl (C=O) groups is 1. The second-order valence-corrected chi connectivity index (χ2v) is 13.2. The summed E-state index contributed by atoms with van der Waals surface area (Å²) in [5.74, 6) is 0.513. The zero-order chi connectivity index (χ0) is 29.2. The Bertz CT molecular complexity index is 1350. The molecule has 3 aromatic rings. The summed E-state index contributed by atoms with van der Waals surface area (Å²) in [7, 11) is -0.446. The molecule has 1 saturated heterocycles. The maximum atomic E-state index is 13.0. The molecule has 222 valence electrons. The van der Waals surface area contributed by atoms with E-state index in [4.69, 9.17) is 18.9 Å². The molecule has 0 N–H and O–H groups in total. The molecule has 2 atom stereocenters. The van der Waals surface area contributed by atoms with Gasteiger partial charge < -0.3 is 18.9 Å². The van der Waals surface area contributed by atoms with Gasteiger partial charge in [-0.25, -0.2) is 13.2 Å². The van der Waals surface area contributed by atoms with Crippen molar-refractivity contribution in [2.75, 3.05) is 30.9 Å². The van der Waals surface area contributed by atoms with Gasteiger partial charge in [0.2, 0.25) is 10.0 Å². The SMILES string of the molecule is CCCCCC(OCc1ccc(OC)cc1)c1ccc(N2C(COCc3ccc(C(=O)OC)s3)CCS2(=O)=O)cc1. The van der Waals surface area contributed by atoms with Crippen LogP contribution < -0.4 is 9.04 Å². The Morgan fingerprint density at radius 3 is 2.44 bits per heavy atom. The molecule has 0 saturated carbocycles. The van der Waals surface area contributed by atoms with Crippen molar-refractivity contribution >= 4 is 33.0 Å². The van der Waals surface area contributed by atoms with Crippen molar-refractivity contribution in [2.45, 2.75) is 64.4 Å². The van der Waals surface area contributed by atoms with Crippen LogP contribution >= 0.6 is 11.3 Å². The number of unbranched alkanes of at least 4 members (excludes halogenated alkanes) is 2. The van der Waals surface area contributed by atoms with Gasteiger partial charge >= 0.3 is 5.97 Å². The van der Waals surface area contributed by atoms with Gasteiger partial charge in [0.15, 0.2) is 0 Å². The molecule has 10 heteroatoms. The molecule has 0 radical (unpaired) electrons. The first-order chi connectivity index (χ1) is 19.8. The van der Waals surface area contributed by atoms with Gasteiger partial charge in [-0.1, -0.05) is 50.5 Å². The summed E-state index contributed by atoms with van der Waals surface area (Å²) in [5, 5.41) is 0. The lowest BCUT2D eigenvalue weighted by molar-refractivity contribution is 0.0322. The van der Waals surface area contributed by atoms with E-state index in [0.717, 1.165) is 47.4 Å². The molecule has 1 aliphatic heterocycles. The minimum Gasteiger partial charge on any atom is -0.497 e. The van der Waals surface area contributed by atoms with E-state index in [2.05, 4.69) is 6.92 Å². The fourth-order valence-electron chi connectivity index (χ4n) is 4.89. The van der Waals surface area contributed by atoms with Gasteiger partial charge in [0, 0.05) is 4.88 Å². The molecule has 2 heterocycles. The summed E-state index contributed by atoms with van der Waals surface area (Å²) >= 11 is 1.31. The number of thiophene rings is 1. The number of hydrogen-bond acceptors (Lipinski definition) is 8. The van der Waals surface area contributed by atoms with E-state index in [1.54, 1.807) is 13.2 Å². The van der Waals surface area contributed by atoms with E-state index < -0.39 is 10.0 Å². The van der Waals surface area contributed by atoms with E-state index in [0.29, 0.717) is 30.2 Å². The van der Waals surface area contributed by atoms with Gasteiger partial charge in [-0.3, -0.25) is 4.31 Å². The van der Waals surface area contributed by atoms with Crippen LogP contribution in [0.1, 0.15) is 70.8 Å². The summed E-state index contributed by atoms with van der Waals surface area (Å²) in [6.45, 7) is 3.22. The number of methoxy groups -OCH3 is 2. The largest absolute Gasteiger partial charge is 0.497 e. The number of anilines is 1. The lowest BCUT2D eigenvalue weighted by atomic mass is 10.0. The lowest BCUT2D eigenvalue weighted by Gasteiger charge is -2.26. The highest BCUT2D eigenvalue weighted by Crippen LogP contribution is 2.33. The molecule has 41 heavy (non-hydrogen) atoms. The molecular weight excluding hydrogens is 562 g/mol. The molecule has 0 aliphatic carbocycles. The monoisotopic (exact) mass is 601 g/mol. The van der Waals surface area contributed by atoms with Crippen molar-refractivity contribution in [1.29, 1.82) is 0 Å². The number of esters is 1. The summed E-state index contributed by atoms with van der Waals surface area (Å²) in [6, 6.07) is 18.8. The van der Waals surface area contributed by atoms with Gasteiger partial charge in [-0.05, 0) is 60.4 Å². The van der Waals surface area contributed by atoms with Crippen LogP contribution in [0.5, 0.6) is 5.75 Å². The van der Waals surface area contributed by atoms with E-state index >= 15 is 0 Å². The average molecular weight is 602 g/mol. The zero-order valence-corrected chi connectivity index (χ0v) is 25.5. The fourth-order valence-corrected chi connectivity index (χ4v) is 7.59. The third-order valence-corrected chi connectivity index (χ3v) is 10.0. The van der Waals surface area contributed by atoms with Gasteiger partial charge in [0.05, 0.1) is 57.6 Å². The number of nitrogens with zero attached hydrogens (tertiary/aromatic N) is 1. The Hall–Kier alpha value is -2.92. The van der Waals surface area contributed by atoms with Crippen LogP contribution in [0.15, 0.2) is 60.7 Å². The maximum Gasteiger partial charge on any atom is 0.348 e. The Balaban J connectivity index is 1.41. The standard InChI is InChI=1S/C31H39NO7S2/c1-4-5-6-7-29(39-20-23-8-14-27(36-2)15-9-23)24-10-12-25(13-11-24)32-26(18-19-41(32,34)35)21-38-22-28-16-17-30(40-28)31(33)37-3/h8-17,26,29H,4-7,18-22H2,1-3H3. The van der Waals surface area contributed by atoms with E-state index in [1.165, 1.54) is 22.8 Å². The van der Waals surface area contributed by atoms with Gasteiger partial charge in [-0.2, -0.15) is 0 Å². The number of rotatable bonds is 15. The first-order valence-corrected chi connectivity index (χ1v) is 16.4. The lowest BCUT2D eigenvalue weighted by Crippen LogP contribution is -2.36. The fraction of sp³-hybridized carbons (Fsp3) is 0.452. The van der Waals surface area contributed by atoms with E-state index in [1.807, 2.05) is 54.6 Å². The smallest absolute Gasteiger partial charge is 0.348 e. The molecule has 0 amide bonds. The Morgan fingerprint density at radius 2 is 1.76 bits per heavy atom. The Labute approximate surface area is 247 Å². The van der Waals surface area contributed by atoms with Crippen molar-refractivity contribution in [3.05, 3.63) is 81.5 Å². The Kier molecular flexibility index (Phi) is 11.2. The molecule has 1 aliphatic rings. The number of carbonyl (C=O) groups excluding carboxylic acids is 1. The van der Waals surface area contributed by atoms with Crippen molar-refractivity contribution in [1.82, 2.24) is 0 Å². The van der Waals surface area contributed by atoms with Crippen LogP contribution in [0.2, 0.25) is 0 Å². The van der Waals surface area contributed by atoms with Crippen LogP contribution in [-0.4, -0.2) is 47.0 Å².